The van der Waals surface area contributed by atoms with E-state index < -0.39 is 0 Å². The number of ether oxygens (including phenoxy) is 1. The second-order valence-electron chi connectivity index (χ2n) is 6.66. The Morgan fingerprint density at radius 2 is 1.87 bits per heavy atom. The van der Waals surface area contributed by atoms with E-state index in [-0.39, 0.29) is 17.4 Å². The molecule has 2 rings (SSSR count). The molecule has 0 fully saturated rings. The molecule has 1 aliphatic heterocycles. The van der Waals surface area contributed by atoms with Crippen LogP contribution in [-0.2, 0) is 14.9 Å². The lowest BCUT2D eigenvalue weighted by atomic mass is 9.85. The first-order valence-electron chi connectivity index (χ1n) is 7.80. The molecule has 1 aliphatic rings. The Morgan fingerprint density at radius 3 is 2.39 bits per heavy atom. The molecule has 0 bridgehead atoms. The number of benzene rings is 1. The monoisotopic (exact) mass is 332 g/mol. The van der Waals surface area contributed by atoms with E-state index in [0.717, 1.165) is 11.3 Å². The SMILES string of the molecule is CCOC(=O)C1=C(C)NC(=S)N[C@H]1c1ccc(C(C)(C)C)cc1. The molecule has 23 heavy (non-hydrogen) atoms. The average Bonchev–Trinajstić information content (AvgIpc) is 2.45. The van der Waals surface area contributed by atoms with Gasteiger partial charge >= 0.3 is 5.97 Å². The van der Waals surface area contributed by atoms with Crippen molar-refractivity contribution in [1.82, 2.24) is 10.6 Å². The van der Waals surface area contributed by atoms with Crippen molar-refractivity contribution in [2.45, 2.75) is 46.1 Å². The van der Waals surface area contributed by atoms with Crippen molar-refractivity contribution >= 4 is 23.3 Å². The van der Waals surface area contributed by atoms with E-state index in [2.05, 4.69) is 43.5 Å². The lowest BCUT2D eigenvalue weighted by Crippen LogP contribution is -2.45. The molecule has 0 saturated carbocycles. The zero-order valence-corrected chi connectivity index (χ0v) is 15.1. The standard InChI is InChI=1S/C18H24N2O2S/c1-6-22-16(21)14-11(2)19-17(23)20-15(14)12-7-9-13(10-8-12)18(3,4)5/h7-10,15H,6H2,1-5H3,(H2,19,20,23)/t15-/m0/s1. The second-order valence-corrected chi connectivity index (χ2v) is 7.07. The van der Waals surface area contributed by atoms with E-state index in [1.165, 1.54) is 5.56 Å². The van der Waals surface area contributed by atoms with E-state index in [4.69, 9.17) is 17.0 Å². The lowest BCUT2D eigenvalue weighted by Gasteiger charge is -2.30. The van der Waals surface area contributed by atoms with E-state index >= 15 is 0 Å². The highest BCUT2D eigenvalue weighted by Crippen LogP contribution is 2.30. The van der Waals surface area contributed by atoms with Crippen LogP contribution >= 0.6 is 12.2 Å². The number of allylic oxidation sites excluding steroid dienone is 1. The Hall–Kier alpha value is -1.88. The van der Waals surface area contributed by atoms with Crippen molar-refractivity contribution in [1.29, 1.82) is 0 Å². The molecule has 1 aromatic rings. The largest absolute Gasteiger partial charge is 0.463 e. The molecular formula is C18H24N2O2S. The highest BCUT2D eigenvalue weighted by molar-refractivity contribution is 7.80. The van der Waals surface area contributed by atoms with Crippen molar-refractivity contribution < 1.29 is 9.53 Å². The molecule has 0 saturated heterocycles. The third-order valence-corrected chi connectivity index (χ3v) is 4.09. The summed E-state index contributed by atoms with van der Waals surface area (Å²) < 4.78 is 5.20. The van der Waals surface area contributed by atoms with Crippen molar-refractivity contribution in [2.75, 3.05) is 6.61 Å². The van der Waals surface area contributed by atoms with Gasteiger partial charge in [-0.05, 0) is 42.6 Å². The third kappa shape index (κ3) is 3.91. The van der Waals surface area contributed by atoms with Crippen LogP contribution in [0.1, 0.15) is 51.8 Å². The fourth-order valence-electron chi connectivity index (χ4n) is 2.60. The maximum atomic E-state index is 12.3. The number of esters is 1. The van der Waals surface area contributed by atoms with Gasteiger partial charge in [-0.15, -0.1) is 0 Å². The van der Waals surface area contributed by atoms with Gasteiger partial charge in [0.15, 0.2) is 5.11 Å². The number of carbonyl (C=O) groups is 1. The number of carbonyl (C=O) groups excluding carboxylic acids is 1. The lowest BCUT2D eigenvalue weighted by molar-refractivity contribution is -0.139. The summed E-state index contributed by atoms with van der Waals surface area (Å²) >= 11 is 5.24. The minimum absolute atomic E-state index is 0.0884. The zero-order chi connectivity index (χ0) is 17.2. The van der Waals surface area contributed by atoms with E-state index in [1.54, 1.807) is 6.92 Å². The van der Waals surface area contributed by atoms with Crippen LogP contribution in [0.25, 0.3) is 0 Å². The van der Waals surface area contributed by atoms with E-state index in [9.17, 15) is 4.79 Å². The highest BCUT2D eigenvalue weighted by atomic mass is 32.1. The van der Waals surface area contributed by atoms with Crippen LogP contribution in [-0.4, -0.2) is 17.7 Å². The summed E-state index contributed by atoms with van der Waals surface area (Å²) in [4.78, 5) is 12.3. The van der Waals surface area contributed by atoms with Gasteiger partial charge in [0.25, 0.3) is 0 Å². The van der Waals surface area contributed by atoms with Gasteiger partial charge in [-0.2, -0.15) is 0 Å². The predicted molar refractivity (Wildman–Crippen MR) is 96.1 cm³/mol. The highest BCUT2D eigenvalue weighted by Gasteiger charge is 2.30. The van der Waals surface area contributed by atoms with Gasteiger partial charge in [0.05, 0.1) is 18.2 Å². The summed E-state index contributed by atoms with van der Waals surface area (Å²) in [7, 11) is 0. The molecular weight excluding hydrogens is 308 g/mol. The Balaban J connectivity index is 2.40. The van der Waals surface area contributed by atoms with Crippen LogP contribution in [0.5, 0.6) is 0 Å². The molecule has 0 radical (unpaired) electrons. The second kappa shape index (κ2) is 6.71. The summed E-state index contributed by atoms with van der Waals surface area (Å²) in [5.74, 6) is -0.322. The fourth-order valence-corrected chi connectivity index (χ4v) is 2.87. The molecule has 0 unspecified atom stereocenters. The molecule has 4 nitrogen and oxygen atoms in total. The maximum absolute atomic E-state index is 12.3. The number of hydrogen-bond donors (Lipinski definition) is 2. The average molecular weight is 332 g/mol. The normalized spacial score (nSPS) is 18.3. The summed E-state index contributed by atoms with van der Waals surface area (Å²) in [5.41, 5.74) is 3.63. The molecule has 0 aliphatic carbocycles. The van der Waals surface area contributed by atoms with Crippen LogP contribution in [0.3, 0.4) is 0 Å². The van der Waals surface area contributed by atoms with Crippen molar-refractivity contribution in [3.63, 3.8) is 0 Å². The first kappa shape index (κ1) is 17.5. The van der Waals surface area contributed by atoms with Crippen molar-refractivity contribution in [2.24, 2.45) is 0 Å². The smallest absolute Gasteiger partial charge is 0.338 e. The molecule has 124 valence electrons. The molecule has 5 heteroatoms. The summed E-state index contributed by atoms with van der Waals surface area (Å²) in [6.45, 7) is 10.5. The van der Waals surface area contributed by atoms with E-state index in [0.29, 0.717) is 17.3 Å². The Labute approximate surface area is 143 Å². The number of thiocarbonyl (C=S) groups is 1. The minimum Gasteiger partial charge on any atom is -0.463 e. The number of nitrogens with one attached hydrogen (secondary N) is 2. The van der Waals surface area contributed by atoms with Gasteiger partial charge in [0.2, 0.25) is 0 Å². The predicted octanol–water partition coefficient (Wildman–Crippen LogP) is 3.34. The topological polar surface area (TPSA) is 50.4 Å². The van der Waals surface area contributed by atoms with Gasteiger partial charge in [-0.25, -0.2) is 4.79 Å². The molecule has 1 aromatic carbocycles. The quantitative estimate of drug-likeness (QED) is 0.657. The Kier molecular flexibility index (Phi) is 5.09. The van der Waals surface area contributed by atoms with Crippen LogP contribution in [0.15, 0.2) is 35.5 Å². The number of hydrogen-bond acceptors (Lipinski definition) is 3. The summed E-state index contributed by atoms with van der Waals surface area (Å²) in [6, 6.07) is 7.98. The van der Waals surface area contributed by atoms with Crippen molar-refractivity contribution in [3.8, 4) is 0 Å². The molecule has 1 heterocycles. The van der Waals surface area contributed by atoms with Crippen LogP contribution < -0.4 is 10.6 Å². The van der Waals surface area contributed by atoms with Gasteiger partial charge in [-0.3, -0.25) is 0 Å². The van der Waals surface area contributed by atoms with Crippen LogP contribution in [0.4, 0.5) is 0 Å². The van der Waals surface area contributed by atoms with Crippen LogP contribution in [0.2, 0.25) is 0 Å². The van der Waals surface area contributed by atoms with Gasteiger partial charge < -0.3 is 15.4 Å². The zero-order valence-electron chi connectivity index (χ0n) is 14.3. The first-order chi connectivity index (χ1) is 10.7. The Bertz CT molecular complexity index is 642. The first-order valence-corrected chi connectivity index (χ1v) is 8.20. The third-order valence-electron chi connectivity index (χ3n) is 3.87. The maximum Gasteiger partial charge on any atom is 0.338 e. The number of rotatable bonds is 3. The summed E-state index contributed by atoms with van der Waals surface area (Å²) in [6.07, 6.45) is 0. The Morgan fingerprint density at radius 1 is 1.26 bits per heavy atom. The van der Waals surface area contributed by atoms with Crippen LogP contribution in [0, 0.1) is 0 Å². The minimum atomic E-state index is -0.322. The molecule has 2 N–H and O–H groups in total. The van der Waals surface area contributed by atoms with Gasteiger partial charge in [-0.1, -0.05) is 45.0 Å². The van der Waals surface area contributed by atoms with E-state index in [1.807, 2.05) is 19.1 Å². The summed E-state index contributed by atoms with van der Waals surface area (Å²) in [5, 5.41) is 6.69. The molecule has 0 amide bonds. The molecule has 0 spiro atoms. The molecule has 1 atom stereocenters. The van der Waals surface area contributed by atoms with Gasteiger partial charge in [0, 0.05) is 5.70 Å². The molecule has 0 aromatic heterocycles. The van der Waals surface area contributed by atoms with Gasteiger partial charge in [0.1, 0.15) is 0 Å². The fraction of sp³-hybridized carbons (Fsp3) is 0.444. The van der Waals surface area contributed by atoms with Crippen molar-refractivity contribution in [3.05, 3.63) is 46.7 Å².